The second-order valence-corrected chi connectivity index (χ2v) is 7.18. The molecule has 0 aliphatic rings. The second kappa shape index (κ2) is 4.65. The van der Waals surface area contributed by atoms with Crippen LogP contribution in [0.25, 0.3) is 0 Å². The molecule has 2 aromatic carbocycles. The van der Waals surface area contributed by atoms with Gasteiger partial charge >= 0.3 is 0 Å². The van der Waals surface area contributed by atoms with E-state index in [4.69, 9.17) is 11.8 Å². The van der Waals surface area contributed by atoms with Crippen molar-refractivity contribution in [1.29, 1.82) is 0 Å². The number of hydrogen-bond donors (Lipinski definition) is 1. The Hall–Kier alpha value is -1.09. The summed E-state index contributed by atoms with van der Waals surface area (Å²) in [4.78, 5) is 10.3. The first kappa shape index (κ1) is 12.4. The monoisotopic (exact) mass is 270 g/mol. The number of hydrogen-bond acceptors (Lipinski definition) is 1. The molecule has 1 N–H and O–H groups in total. The molecule has 0 aliphatic carbocycles. The summed E-state index contributed by atoms with van der Waals surface area (Å²) < 4.78 is 27.2. The molecule has 88 valence electrons. The molecule has 0 spiro atoms. The Balaban J connectivity index is 2.63. The molecule has 5 heteroatoms. The van der Waals surface area contributed by atoms with E-state index in [1.807, 2.05) is 0 Å². The fourth-order valence-electron chi connectivity index (χ4n) is 1.52. The van der Waals surface area contributed by atoms with E-state index in [0.29, 0.717) is 0 Å². The molecule has 1 nitrogen and oxygen atoms in total. The van der Waals surface area contributed by atoms with Gasteiger partial charge in [-0.15, -0.1) is 0 Å². The molecule has 0 radical (unpaired) electrons. The minimum atomic E-state index is -3.39. The fourth-order valence-corrected chi connectivity index (χ4v) is 3.98. The minimum Gasteiger partial charge on any atom is -0.358 e. The quantitative estimate of drug-likeness (QED) is 0.845. The van der Waals surface area contributed by atoms with Gasteiger partial charge in [0.25, 0.3) is 0 Å². The van der Waals surface area contributed by atoms with Crippen LogP contribution in [0, 0.1) is 11.6 Å². The maximum absolute atomic E-state index is 13.6. The summed E-state index contributed by atoms with van der Waals surface area (Å²) in [5.41, 5.74) is 0. The first-order valence-corrected chi connectivity index (χ1v) is 7.62. The molecule has 2 rings (SSSR count). The highest BCUT2D eigenvalue weighted by atomic mass is 32.4. The first-order valence-electron chi connectivity index (χ1n) is 4.86. The summed E-state index contributed by atoms with van der Waals surface area (Å²) in [6, 6.07) is 11.3. The van der Waals surface area contributed by atoms with Gasteiger partial charge in [0.1, 0.15) is 17.9 Å². The second-order valence-electron chi connectivity index (χ2n) is 3.48. The van der Waals surface area contributed by atoms with Crippen molar-refractivity contribution in [2.75, 3.05) is 0 Å². The van der Waals surface area contributed by atoms with Crippen molar-refractivity contribution in [2.24, 2.45) is 0 Å². The van der Waals surface area contributed by atoms with Crippen molar-refractivity contribution in [2.45, 2.75) is 0 Å². The van der Waals surface area contributed by atoms with Gasteiger partial charge in [0.15, 0.2) is 0 Å². The zero-order valence-corrected chi connectivity index (χ0v) is 10.4. The number of halogens is 2. The fraction of sp³-hybridized carbons (Fsp3) is 0. The molecule has 0 saturated heterocycles. The molecule has 0 fully saturated rings. The summed E-state index contributed by atoms with van der Waals surface area (Å²) in [6.07, 6.45) is -3.39. The molecule has 0 bridgehead atoms. The predicted octanol–water partition coefficient (Wildman–Crippen LogP) is 2.30. The van der Waals surface area contributed by atoms with Gasteiger partial charge in [0, 0.05) is 10.6 Å². The van der Waals surface area contributed by atoms with Crippen LogP contribution >= 0.6 is 6.26 Å². The van der Waals surface area contributed by atoms with Gasteiger partial charge in [0.2, 0.25) is 0 Å². The number of benzene rings is 2. The lowest BCUT2D eigenvalue weighted by Gasteiger charge is -2.17. The van der Waals surface area contributed by atoms with Crippen molar-refractivity contribution < 1.29 is 13.7 Å². The third-order valence-electron chi connectivity index (χ3n) is 2.36. The third-order valence-corrected chi connectivity index (χ3v) is 5.57. The predicted molar refractivity (Wildman–Crippen MR) is 68.6 cm³/mol. The lowest BCUT2D eigenvalue weighted by Crippen LogP contribution is -2.20. The Labute approximate surface area is 103 Å². The van der Waals surface area contributed by atoms with Gasteiger partial charge in [-0.2, -0.15) is 0 Å². The normalized spacial score (nSPS) is 11.5. The summed E-state index contributed by atoms with van der Waals surface area (Å²) >= 11 is 5.04. The molecule has 0 saturated carbocycles. The third kappa shape index (κ3) is 2.29. The zero-order chi connectivity index (χ0) is 12.5. The van der Waals surface area contributed by atoms with Crippen molar-refractivity contribution in [1.82, 2.24) is 0 Å². The minimum absolute atomic E-state index is 0.0138. The van der Waals surface area contributed by atoms with E-state index in [0.717, 1.165) is 0 Å². The SMILES string of the molecule is OP(=S)(c1ccccc1F)c1ccccc1F. The van der Waals surface area contributed by atoms with Crippen molar-refractivity contribution in [3.63, 3.8) is 0 Å². The Kier molecular flexibility index (Phi) is 3.38. The van der Waals surface area contributed by atoms with E-state index in [1.54, 1.807) is 12.1 Å². The van der Waals surface area contributed by atoms with Crippen molar-refractivity contribution in [3.8, 4) is 0 Å². The molecule has 17 heavy (non-hydrogen) atoms. The lowest BCUT2D eigenvalue weighted by atomic mass is 10.3. The van der Waals surface area contributed by atoms with Gasteiger partial charge in [-0.1, -0.05) is 36.1 Å². The van der Waals surface area contributed by atoms with Crippen LogP contribution in [0.5, 0.6) is 0 Å². The molecular formula is C12H9F2OPS. The zero-order valence-electron chi connectivity index (χ0n) is 8.68. The van der Waals surface area contributed by atoms with E-state index >= 15 is 0 Å². The van der Waals surface area contributed by atoms with E-state index in [9.17, 15) is 13.7 Å². The molecule has 0 atom stereocenters. The smallest absolute Gasteiger partial charge is 0.134 e. The molecule has 0 aromatic heterocycles. The molecule has 0 unspecified atom stereocenters. The van der Waals surface area contributed by atoms with Crippen LogP contribution in [0.1, 0.15) is 0 Å². The van der Waals surface area contributed by atoms with Gasteiger partial charge in [-0.25, -0.2) is 8.78 Å². The van der Waals surface area contributed by atoms with Crippen LogP contribution in [0.2, 0.25) is 0 Å². The average Bonchev–Trinajstić information content (AvgIpc) is 2.29. The maximum Gasteiger partial charge on any atom is 0.134 e. The summed E-state index contributed by atoms with van der Waals surface area (Å²) in [6.45, 7) is 0. The van der Waals surface area contributed by atoms with Crippen LogP contribution in [-0.4, -0.2) is 4.89 Å². The average molecular weight is 270 g/mol. The van der Waals surface area contributed by atoms with E-state index in [-0.39, 0.29) is 10.6 Å². The van der Waals surface area contributed by atoms with E-state index in [2.05, 4.69) is 0 Å². The highest BCUT2D eigenvalue weighted by Gasteiger charge is 2.25. The van der Waals surface area contributed by atoms with Crippen LogP contribution in [0.15, 0.2) is 48.5 Å². The Morgan fingerprint density at radius 1 is 0.824 bits per heavy atom. The van der Waals surface area contributed by atoms with Crippen molar-refractivity contribution >= 4 is 28.7 Å². The Morgan fingerprint density at radius 2 is 1.18 bits per heavy atom. The summed E-state index contributed by atoms with van der Waals surface area (Å²) in [5.74, 6) is -1.22. The molecular weight excluding hydrogens is 261 g/mol. The number of rotatable bonds is 2. The highest BCUT2D eigenvalue weighted by molar-refractivity contribution is 8.19. The highest BCUT2D eigenvalue weighted by Crippen LogP contribution is 2.40. The van der Waals surface area contributed by atoms with Crippen molar-refractivity contribution in [3.05, 3.63) is 60.2 Å². The van der Waals surface area contributed by atoms with Crippen LogP contribution < -0.4 is 10.6 Å². The van der Waals surface area contributed by atoms with Gasteiger partial charge in [-0.05, 0) is 24.3 Å². The lowest BCUT2D eigenvalue weighted by molar-refractivity contribution is 0.612. The van der Waals surface area contributed by atoms with Crippen LogP contribution in [0.3, 0.4) is 0 Å². The van der Waals surface area contributed by atoms with Crippen LogP contribution in [-0.2, 0) is 11.8 Å². The molecule has 2 aromatic rings. The van der Waals surface area contributed by atoms with E-state index in [1.165, 1.54) is 36.4 Å². The summed E-state index contributed by atoms with van der Waals surface area (Å²) in [7, 11) is 0. The van der Waals surface area contributed by atoms with E-state index < -0.39 is 17.9 Å². The van der Waals surface area contributed by atoms with Crippen LogP contribution in [0.4, 0.5) is 8.78 Å². The topological polar surface area (TPSA) is 20.2 Å². The van der Waals surface area contributed by atoms with Gasteiger partial charge in [0.05, 0.1) is 0 Å². The van der Waals surface area contributed by atoms with Gasteiger partial charge in [-0.3, -0.25) is 0 Å². The molecule has 0 heterocycles. The summed E-state index contributed by atoms with van der Waals surface area (Å²) in [5, 5.41) is -0.0276. The molecule has 0 aliphatic heterocycles. The molecule has 0 amide bonds. The standard InChI is InChI=1S/C12H9F2OPS/c13-9-5-1-3-7-11(9)16(15,17)12-8-4-2-6-10(12)14/h1-8H,(H,15,17). The largest absolute Gasteiger partial charge is 0.358 e. The first-order chi connectivity index (χ1) is 8.03. The Morgan fingerprint density at radius 3 is 1.53 bits per heavy atom. The maximum atomic E-state index is 13.6. The Bertz CT molecular complexity index is 551. The van der Waals surface area contributed by atoms with Gasteiger partial charge < -0.3 is 4.89 Å².